The number of aliphatic imine (C=N–C) groups is 1. The standard InChI is InChI=1S/C23H37N5O2.HI/c1-24-22(26-17-23(12-7-8-13-23)21(29)27(2)3)25-15-18-11-14-28(16-18)19-9-5-6-10-20(19)30-4;/h5-6,9-10,18H,7-8,11-17H2,1-4H3,(H2,24,25,26);1H. The molecular weight excluding hydrogens is 505 g/mol. The van der Waals surface area contributed by atoms with E-state index in [0.717, 1.165) is 69.1 Å². The van der Waals surface area contributed by atoms with Crippen LogP contribution in [0.3, 0.4) is 0 Å². The van der Waals surface area contributed by atoms with Gasteiger partial charge in [0.1, 0.15) is 5.75 Å². The van der Waals surface area contributed by atoms with E-state index >= 15 is 0 Å². The summed E-state index contributed by atoms with van der Waals surface area (Å²) in [5, 5.41) is 6.91. The third kappa shape index (κ3) is 6.17. The third-order valence-corrected chi connectivity index (χ3v) is 6.51. The molecule has 31 heavy (non-hydrogen) atoms. The summed E-state index contributed by atoms with van der Waals surface area (Å²) in [5.74, 6) is 2.48. The molecule has 2 aliphatic rings. The molecule has 0 spiro atoms. The van der Waals surface area contributed by atoms with Crippen molar-refractivity contribution in [3.8, 4) is 5.75 Å². The van der Waals surface area contributed by atoms with E-state index in [0.29, 0.717) is 12.5 Å². The number of para-hydroxylation sites is 2. The summed E-state index contributed by atoms with van der Waals surface area (Å²) in [6, 6.07) is 8.20. The van der Waals surface area contributed by atoms with E-state index in [1.165, 1.54) is 0 Å². The lowest BCUT2D eigenvalue weighted by Gasteiger charge is -2.31. The largest absolute Gasteiger partial charge is 0.495 e. The fraction of sp³-hybridized carbons (Fsp3) is 0.652. The van der Waals surface area contributed by atoms with Gasteiger partial charge in [-0.05, 0) is 37.3 Å². The van der Waals surface area contributed by atoms with Gasteiger partial charge in [-0.25, -0.2) is 0 Å². The average Bonchev–Trinajstić information content (AvgIpc) is 3.43. The lowest BCUT2D eigenvalue weighted by molar-refractivity contribution is -0.138. The number of nitrogens with zero attached hydrogens (tertiary/aromatic N) is 3. The Morgan fingerprint density at radius 2 is 1.97 bits per heavy atom. The van der Waals surface area contributed by atoms with Crippen molar-refractivity contribution >= 4 is 41.5 Å². The van der Waals surface area contributed by atoms with E-state index in [4.69, 9.17) is 4.74 Å². The summed E-state index contributed by atoms with van der Waals surface area (Å²) in [5.41, 5.74) is 0.866. The first-order chi connectivity index (χ1) is 14.5. The highest BCUT2D eigenvalue weighted by molar-refractivity contribution is 14.0. The monoisotopic (exact) mass is 543 g/mol. The molecule has 1 amide bonds. The van der Waals surface area contributed by atoms with Crippen LogP contribution in [-0.4, -0.2) is 71.2 Å². The number of ether oxygens (including phenoxy) is 1. The molecule has 0 radical (unpaired) electrons. The maximum atomic E-state index is 12.8. The van der Waals surface area contributed by atoms with Crippen molar-refractivity contribution in [2.75, 3.05) is 59.3 Å². The number of rotatable bonds is 7. The number of carbonyl (C=O) groups is 1. The molecule has 1 aliphatic carbocycles. The second-order valence-electron chi connectivity index (χ2n) is 8.77. The van der Waals surface area contributed by atoms with Crippen LogP contribution in [-0.2, 0) is 4.79 Å². The van der Waals surface area contributed by atoms with Crippen LogP contribution in [0.4, 0.5) is 5.69 Å². The Labute approximate surface area is 204 Å². The zero-order valence-corrected chi connectivity index (χ0v) is 21.6. The Morgan fingerprint density at radius 1 is 1.26 bits per heavy atom. The van der Waals surface area contributed by atoms with Gasteiger partial charge in [0.15, 0.2) is 5.96 Å². The van der Waals surface area contributed by atoms with Gasteiger partial charge in [0.05, 0.1) is 18.2 Å². The van der Waals surface area contributed by atoms with E-state index in [-0.39, 0.29) is 35.3 Å². The van der Waals surface area contributed by atoms with Gasteiger partial charge >= 0.3 is 0 Å². The van der Waals surface area contributed by atoms with E-state index in [9.17, 15) is 4.79 Å². The summed E-state index contributed by atoms with van der Waals surface area (Å²) in [4.78, 5) is 21.3. The summed E-state index contributed by atoms with van der Waals surface area (Å²) >= 11 is 0. The Bertz CT molecular complexity index is 749. The van der Waals surface area contributed by atoms with Gasteiger partial charge in [0.2, 0.25) is 5.91 Å². The molecule has 1 unspecified atom stereocenters. The summed E-state index contributed by atoms with van der Waals surface area (Å²) < 4.78 is 5.52. The van der Waals surface area contributed by atoms with Gasteiger partial charge in [0.25, 0.3) is 0 Å². The Balaban J connectivity index is 0.00000341. The Kier molecular flexibility index (Phi) is 9.71. The second kappa shape index (κ2) is 11.8. The lowest BCUT2D eigenvalue weighted by Crippen LogP contribution is -2.49. The zero-order valence-electron chi connectivity index (χ0n) is 19.3. The van der Waals surface area contributed by atoms with Gasteiger partial charge in [-0.1, -0.05) is 25.0 Å². The van der Waals surface area contributed by atoms with Crippen LogP contribution in [0.25, 0.3) is 0 Å². The first-order valence-corrected chi connectivity index (χ1v) is 11.0. The molecule has 2 N–H and O–H groups in total. The molecule has 7 nitrogen and oxygen atoms in total. The zero-order chi connectivity index (χ0) is 21.6. The van der Waals surface area contributed by atoms with Gasteiger partial charge < -0.3 is 25.2 Å². The minimum Gasteiger partial charge on any atom is -0.495 e. The number of amides is 1. The molecule has 1 saturated carbocycles. The molecule has 1 aliphatic heterocycles. The predicted octanol–water partition coefficient (Wildman–Crippen LogP) is 2.95. The lowest BCUT2D eigenvalue weighted by atomic mass is 9.84. The SMILES string of the molecule is CN=C(NCC1CCN(c2ccccc2OC)C1)NCC1(C(=O)N(C)C)CCCC1.I. The molecular formula is C23H38IN5O2. The minimum atomic E-state index is -0.296. The van der Waals surface area contributed by atoms with E-state index in [2.05, 4.69) is 32.7 Å². The number of nitrogens with one attached hydrogen (secondary N) is 2. The predicted molar refractivity (Wildman–Crippen MR) is 138 cm³/mol. The molecule has 0 aromatic heterocycles. The van der Waals surface area contributed by atoms with Crippen LogP contribution in [0.5, 0.6) is 5.75 Å². The Hall–Kier alpha value is -1.71. The van der Waals surface area contributed by atoms with Gasteiger partial charge in [-0.15, -0.1) is 24.0 Å². The molecule has 2 fully saturated rings. The molecule has 8 heteroatoms. The topological polar surface area (TPSA) is 69.2 Å². The highest BCUT2D eigenvalue weighted by Crippen LogP contribution is 2.39. The molecule has 3 rings (SSSR count). The first-order valence-electron chi connectivity index (χ1n) is 11.0. The van der Waals surface area contributed by atoms with E-state index < -0.39 is 0 Å². The molecule has 1 atom stereocenters. The van der Waals surface area contributed by atoms with Crippen LogP contribution < -0.4 is 20.3 Å². The molecule has 1 aromatic carbocycles. The average molecular weight is 543 g/mol. The second-order valence-corrected chi connectivity index (χ2v) is 8.77. The molecule has 1 aromatic rings. The summed E-state index contributed by atoms with van der Waals surface area (Å²) in [6.07, 6.45) is 5.27. The smallest absolute Gasteiger partial charge is 0.230 e. The molecule has 0 bridgehead atoms. The molecule has 1 heterocycles. The number of halogens is 1. The number of methoxy groups -OCH3 is 1. The van der Waals surface area contributed by atoms with Crippen LogP contribution in [0.2, 0.25) is 0 Å². The van der Waals surface area contributed by atoms with E-state index in [1.54, 1.807) is 19.1 Å². The van der Waals surface area contributed by atoms with Crippen LogP contribution >= 0.6 is 24.0 Å². The number of carbonyl (C=O) groups excluding carboxylic acids is 1. The quantitative estimate of drug-likeness (QED) is 0.315. The number of anilines is 1. The van der Waals surface area contributed by atoms with E-state index in [1.807, 2.05) is 26.2 Å². The Morgan fingerprint density at radius 3 is 2.61 bits per heavy atom. The number of hydrogen-bond acceptors (Lipinski definition) is 4. The van der Waals surface area contributed by atoms with Crippen molar-refractivity contribution in [1.29, 1.82) is 0 Å². The summed E-state index contributed by atoms with van der Waals surface area (Å²) in [7, 11) is 7.22. The van der Waals surface area contributed by atoms with Gasteiger partial charge in [0, 0.05) is 47.3 Å². The third-order valence-electron chi connectivity index (χ3n) is 6.51. The maximum Gasteiger partial charge on any atom is 0.230 e. The number of benzene rings is 1. The van der Waals surface area contributed by atoms with Gasteiger partial charge in [-0.2, -0.15) is 0 Å². The van der Waals surface area contributed by atoms with Crippen molar-refractivity contribution in [3.05, 3.63) is 24.3 Å². The van der Waals surface area contributed by atoms with Crippen molar-refractivity contribution < 1.29 is 9.53 Å². The molecule has 1 saturated heterocycles. The highest BCUT2D eigenvalue weighted by atomic mass is 127. The van der Waals surface area contributed by atoms with Crippen LogP contribution in [0, 0.1) is 11.3 Å². The van der Waals surface area contributed by atoms with Crippen molar-refractivity contribution in [3.63, 3.8) is 0 Å². The van der Waals surface area contributed by atoms with Crippen LogP contribution in [0.15, 0.2) is 29.3 Å². The van der Waals surface area contributed by atoms with Crippen molar-refractivity contribution in [2.24, 2.45) is 16.3 Å². The van der Waals surface area contributed by atoms with Crippen molar-refractivity contribution in [1.82, 2.24) is 15.5 Å². The minimum absolute atomic E-state index is 0. The van der Waals surface area contributed by atoms with Crippen molar-refractivity contribution in [2.45, 2.75) is 32.1 Å². The first kappa shape index (κ1) is 25.5. The number of hydrogen-bond donors (Lipinski definition) is 2. The van der Waals surface area contributed by atoms with Gasteiger partial charge in [-0.3, -0.25) is 9.79 Å². The normalized spacial score (nSPS) is 20.2. The fourth-order valence-electron chi connectivity index (χ4n) is 4.82. The summed E-state index contributed by atoms with van der Waals surface area (Å²) in [6.45, 7) is 3.52. The maximum absolute atomic E-state index is 12.8. The molecule has 174 valence electrons. The van der Waals surface area contributed by atoms with Crippen LogP contribution in [0.1, 0.15) is 32.1 Å². The fourth-order valence-corrected chi connectivity index (χ4v) is 4.82. The number of guanidine groups is 1. The highest BCUT2D eigenvalue weighted by Gasteiger charge is 2.42.